The van der Waals surface area contributed by atoms with Crippen molar-refractivity contribution in [3.8, 4) is 0 Å². The van der Waals surface area contributed by atoms with E-state index < -0.39 is 0 Å². The number of benzene rings is 3. The first-order chi connectivity index (χ1) is 15.0. The summed E-state index contributed by atoms with van der Waals surface area (Å²) in [7, 11) is 0. The quantitative estimate of drug-likeness (QED) is 0.238. The number of hydrogen-bond donors (Lipinski definition) is 0. The molecule has 2 bridgehead atoms. The SMILES string of the molecule is CSc1ccc2c(c1)c1nnc(o1)c1cc(Cl)cc(C)c1n2C(=O)c1ccccc1Br. The predicted molar refractivity (Wildman–Crippen MR) is 129 cm³/mol. The normalized spacial score (nSPS) is 11.5. The standard InChI is InChI=1S/C23H15BrClN3O2S/c1-12-9-13(25)10-17-20(12)28(23(29)15-5-3-4-6-18(15)24)19-8-7-14(31-2)11-16(19)21-26-27-22(17)30-21/h3-11H,1-2H3. The molecule has 0 atom stereocenters. The van der Waals surface area contributed by atoms with Crippen LogP contribution >= 0.6 is 39.3 Å². The lowest BCUT2D eigenvalue weighted by molar-refractivity contribution is 0.0968. The second-order valence-corrected chi connectivity index (χ2v) is 9.21. The lowest BCUT2D eigenvalue weighted by Crippen LogP contribution is -2.15. The zero-order valence-corrected chi connectivity index (χ0v) is 19.7. The van der Waals surface area contributed by atoms with E-state index in [0.29, 0.717) is 48.3 Å². The first-order valence-corrected chi connectivity index (χ1v) is 11.8. The third-order valence-corrected chi connectivity index (χ3v) is 6.76. The van der Waals surface area contributed by atoms with Gasteiger partial charge in [0.2, 0.25) is 11.4 Å². The minimum atomic E-state index is -0.181. The fourth-order valence-electron chi connectivity index (χ4n) is 3.73. The van der Waals surface area contributed by atoms with Crippen LogP contribution in [-0.4, -0.2) is 26.9 Å². The molecule has 5 aromatic rings. The largest absolute Gasteiger partial charge is 0.416 e. The molecule has 3 aromatic carbocycles. The van der Waals surface area contributed by atoms with Crippen molar-refractivity contribution >= 4 is 78.4 Å². The van der Waals surface area contributed by atoms with E-state index in [1.807, 2.05) is 55.6 Å². The lowest BCUT2D eigenvalue weighted by Gasteiger charge is -2.15. The van der Waals surface area contributed by atoms with Crippen molar-refractivity contribution in [1.82, 2.24) is 14.8 Å². The van der Waals surface area contributed by atoms with E-state index in [1.54, 1.807) is 28.5 Å². The van der Waals surface area contributed by atoms with Crippen LogP contribution in [0.2, 0.25) is 5.02 Å². The highest BCUT2D eigenvalue weighted by Gasteiger charge is 2.20. The van der Waals surface area contributed by atoms with Gasteiger partial charge in [0.1, 0.15) is 0 Å². The Labute approximate surface area is 195 Å². The Morgan fingerprint density at radius 2 is 1.81 bits per heavy atom. The number of fused-ring (bicyclic) bond motifs is 6. The van der Waals surface area contributed by atoms with E-state index in [2.05, 4.69) is 26.1 Å². The fourth-order valence-corrected chi connectivity index (χ4v) is 4.90. The van der Waals surface area contributed by atoms with Crippen molar-refractivity contribution in [2.75, 3.05) is 6.26 Å². The number of nitrogens with zero attached hydrogens (tertiary/aromatic N) is 3. The van der Waals surface area contributed by atoms with Crippen LogP contribution in [-0.2, 0) is 0 Å². The molecular formula is C23H15BrClN3O2S. The predicted octanol–water partition coefficient (Wildman–Crippen LogP) is 7.03. The summed E-state index contributed by atoms with van der Waals surface area (Å²) in [5.41, 5.74) is 3.37. The Morgan fingerprint density at radius 3 is 2.55 bits per heavy atom. The van der Waals surface area contributed by atoms with Gasteiger partial charge in [0.15, 0.2) is 0 Å². The molecule has 31 heavy (non-hydrogen) atoms. The number of aromatic nitrogens is 3. The van der Waals surface area contributed by atoms with Gasteiger partial charge in [-0.15, -0.1) is 22.0 Å². The van der Waals surface area contributed by atoms with Crippen molar-refractivity contribution in [2.24, 2.45) is 0 Å². The molecule has 0 unspecified atom stereocenters. The van der Waals surface area contributed by atoms with Crippen LogP contribution in [0.5, 0.6) is 0 Å². The molecule has 8 heteroatoms. The zero-order chi connectivity index (χ0) is 21.7. The highest BCUT2D eigenvalue weighted by molar-refractivity contribution is 9.10. The number of thioether (sulfide) groups is 1. The van der Waals surface area contributed by atoms with Crippen LogP contribution < -0.4 is 0 Å². The smallest absolute Gasteiger partial charge is 0.264 e. The fraction of sp³-hybridized carbons (Fsp3) is 0.0870. The van der Waals surface area contributed by atoms with Crippen molar-refractivity contribution in [1.29, 1.82) is 0 Å². The van der Waals surface area contributed by atoms with Crippen LogP contribution in [0.4, 0.5) is 0 Å². The summed E-state index contributed by atoms with van der Waals surface area (Å²) in [5.74, 6) is -0.181. The maximum atomic E-state index is 14.0. The van der Waals surface area contributed by atoms with E-state index in [0.717, 1.165) is 10.5 Å². The van der Waals surface area contributed by atoms with Gasteiger partial charge in [-0.2, -0.15) is 0 Å². The summed E-state index contributed by atoms with van der Waals surface area (Å²) in [6, 6.07) is 16.8. The van der Waals surface area contributed by atoms with Crippen molar-refractivity contribution in [3.63, 3.8) is 0 Å². The molecule has 0 amide bonds. The Balaban J connectivity index is 2.07. The minimum Gasteiger partial charge on any atom is -0.416 e. The second-order valence-electron chi connectivity index (χ2n) is 7.03. The van der Waals surface area contributed by atoms with Gasteiger partial charge < -0.3 is 4.42 Å². The summed E-state index contributed by atoms with van der Waals surface area (Å²) >= 11 is 11.5. The van der Waals surface area contributed by atoms with E-state index in [1.165, 1.54) is 0 Å². The Kier molecular flexibility index (Phi) is 5.12. The topological polar surface area (TPSA) is 60.9 Å². The van der Waals surface area contributed by atoms with E-state index in [9.17, 15) is 4.79 Å². The maximum absolute atomic E-state index is 14.0. The molecule has 0 aliphatic rings. The van der Waals surface area contributed by atoms with Crippen molar-refractivity contribution in [3.05, 3.63) is 75.2 Å². The van der Waals surface area contributed by atoms with Gasteiger partial charge in [0.25, 0.3) is 5.91 Å². The molecule has 0 aliphatic heterocycles. The number of carbonyl (C=O) groups is 1. The van der Waals surface area contributed by atoms with Crippen LogP contribution in [0.15, 0.2) is 68.4 Å². The average Bonchev–Trinajstić information content (AvgIpc) is 3.25. The summed E-state index contributed by atoms with van der Waals surface area (Å²) < 4.78 is 8.43. The number of aryl methyl sites for hydroxylation is 1. The molecule has 154 valence electrons. The van der Waals surface area contributed by atoms with E-state index in [-0.39, 0.29) is 5.91 Å². The summed E-state index contributed by atoms with van der Waals surface area (Å²) in [6.07, 6.45) is 2.00. The molecule has 0 fully saturated rings. The van der Waals surface area contributed by atoms with Crippen LogP contribution in [0.3, 0.4) is 0 Å². The summed E-state index contributed by atoms with van der Waals surface area (Å²) in [5, 5.41) is 10.4. The first kappa shape index (κ1) is 20.3. The molecule has 0 spiro atoms. The van der Waals surface area contributed by atoms with Gasteiger partial charge in [-0.05, 0) is 77.1 Å². The first-order valence-electron chi connectivity index (χ1n) is 9.39. The van der Waals surface area contributed by atoms with Crippen molar-refractivity contribution in [2.45, 2.75) is 11.8 Å². The number of hydrogen-bond acceptors (Lipinski definition) is 5. The average molecular weight is 513 g/mol. The molecule has 2 aromatic heterocycles. The monoisotopic (exact) mass is 511 g/mol. The van der Waals surface area contributed by atoms with Gasteiger partial charge in [-0.3, -0.25) is 9.36 Å². The molecule has 5 rings (SSSR count). The highest BCUT2D eigenvalue weighted by atomic mass is 79.9. The number of rotatable bonds is 2. The Hall–Kier alpha value is -2.61. The molecule has 0 saturated heterocycles. The molecule has 5 nitrogen and oxygen atoms in total. The summed E-state index contributed by atoms with van der Waals surface area (Å²) in [6.45, 7) is 1.92. The van der Waals surface area contributed by atoms with Crippen LogP contribution in [0.25, 0.3) is 33.2 Å². The number of halogens is 2. The maximum Gasteiger partial charge on any atom is 0.264 e. The molecule has 0 aliphatic carbocycles. The third-order valence-electron chi connectivity index (χ3n) is 5.13. The Bertz CT molecular complexity index is 1540. The van der Waals surface area contributed by atoms with E-state index >= 15 is 0 Å². The molecule has 0 saturated carbocycles. The highest BCUT2D eigenvalue weighted by Crippen LogP contribution is 2.33. The molecule has 0 radical (unpaired) electrons. The lowest BCUT2D eigenvalue weighted by atomic mass is 10.1. The second kappa shape index (κ2) is 7.82. The summed E-state index contributed by atoms with van der Waals surface area (Å²) in [4.78, 5) is 15.0. The van der Waals surface area contributed by atoms with Gasteiger partial charge in [0, 0.05) is 14.4 Å². The van der Waals surface area contributed by atoms with E-state index in [4.69, 9.17) is 16.0 Å². The Morgan fingerprint density at radius 1 is 1.06 bits per heavy atom. The van der Waals surface area contributed by atoms with Crippen molar-refractivity contribution < 1.29 is 9.21 Å². The van der Waals surface area contributed by atoms with Gasteiger partial charge in [0.05, 0.1) is 27.4 Å². The van der Waals surface area contributed by atoms with Crippen LogP contribution in [0, 0.1) is 6.92 Å². The van der Waals surface area contributed by atoms with Gasteiger partial charge in [-0.25, -0.2) is 0 Å². The minimum absolute atomic E-state index is 0.181. The number of carbonyl (C=O) groups excluding carboxylic acids is 1. The molecule has 0 N–H and O–H groups in total. The third kappa shape index (κ3) is 3.37. The van der Waals surface area contributed by atoms with Gasteiger partial charge >= 0.3 is 0 Å². The molecule has 2 heterocycles. The molecular weight excluding hydrogens is 498 g/mol. The van der Waals surface area contributed by atoms with Gasteiger partial charge in [-0.1, -0.05) is 23.7 Å². The zero-order valence-electron chi connectivity index (χ0n) is 16.5. The van der Waals surface area contributed by atoms with Crippen LogP contribution in [0.1, 0.15) is 15.9 Å².